The molecule has 0 amide bonds. The van der Waals surface area contributed by atoms with Crippen molar-refractivity contribution >= 4 is 11.6 Å². The van der Waals surface area contributed by atoms with Crippen molar-refractivity contribution in [3.05, 3.63) is 34.6 Å². The Morgan fingerprint density at radius 1 is 1.32 bits per heavy atom. The molecule has 0 radical (unpaired) electrons. The fourth-order valence-corrected chi connectivity index (χ4v) is 3.04. The molecule has 106 valence electrons. The molecule has 2 rings (SSSR count). The molecular formula is C15H22ClFN2. The van der Waals surface area contributed by atoms with Crippen LogP contribution in [0.1, 0.15) is 38.2 Å². The van der Waals surface area contributed by atoms with Crippen LogP contribution in [0.3, 0.4) is 0 Å². The zero-order valence-corrected chi connectivity index (χ0v) is 12.2. The molecule has 1 aromatic carbocycles. The molecule has 1 aliphatic carbocycles. The molecule has 0 bridgehead atoms. The Labute approximate surface area is 119 Å². The van der Waals surface area contributed by atoms with E-state index in [0.717, 1.165) is 44.3 Å². The van der Waals surface area contributed by atoms with Crippen LogP contribution in [0.15, 0.2) is 18.2 Å². The molecule has 0 saturated heterocycles. The molecule has 2 N–H and O–H groups in total. The summed E-state index contributed by atoms with van der Waals surface area (Å²) in [5.41, 5.74) is 7.02. The third kappa shape index (κ3) is 3.91. The van der Waals surface area contributed by atoms with Gasteiger partial charge in [0.1, 0.15) is 5.82 Å². The molecule has 19 heavy (non-hydrogen) atoms. The average molecular weight is 285 g/mol. The van der Waals surface area contributed by atoms with Gasteiger partial charge in [0.25, 0.3) is 0 Å². The average Bonchev–Trinajstić information content (AvgIpc) is 2.41. The quantitative estimate of drug-likeness (QED) is 0.916. The first-order valence-electron chi connectivity index (χ1n) is 7.03. The Morgan fingerprint density at radius 3 is 2.58 bits per heavy atom. The molecule has 0 spiro atoms. The number of benzene rings is 1. The van der Waals surface area contributed by atoms with E-state index in [1.807, 2.05) is 6.07 Å². The first-order chi connectivity index (χ1) is 9.10. The minimum atomic E-state index is -0.350. The first-order valence-corrected chi connectivity index (χ1v) is 7.41. The van der Waals surface area contributed by atoms with Crippen molar-refractivity contribution in [3.8, 4) is 0 Å². The van der Waals surface area contributed by atoms with E-state index in [1.165, 1.54) is 6.07 Å². The van der Waals surface area contributed by atoms with Crippen molar-refractivity contribution in [2.75, 3.05) is 6.54 Å². The number of nitrogens with zero attached hydrogens (tertiary/aromatic N) is 1. The topological polar surface area (TPSA) is 29.3 Å². The van der Waals surface area contributed by atoms with Crippen molar-refractivity contribution in [3.63, 3.8) is 0 Å². The predicted molar refractivity (Wildman–Crippen MR) is 77.7 cm³/mol. The largest absolute Gasteiger partial charge is 0.328 e. The summed E-state index contributed by atoms with van der Waals surface area (Å²) < 4.78 is 13.2. The minimum Gasteiger partial charge on any atom is -0.328 e. The van der Waals surface area contributed by atoms with E-state index in [-0.39, 0.29) is 10.8 Å². The number of hydrogen-bond acceptors (Lipinski definition) is 2. The van der Waals surface area contributed by atoms with E-state index in [0.29, 0.717) is 12.1 Å². The zero-order chi connectivity index (χ0) is 13.8. The number of rotatable bonds is 4. The zero-order valence-electron chi connectivity index (χ0n) is 11.4. The van der Waals surface area contributed by atoms with Crippen LogP contribution in [0.2, 0.25) is 5.02 Å². The molecule has 1 saturated carbocycles. The molecule has 0 heterocycles. The maximum Gasteiger partial charge on any atom is 0.141 e. The van der Waals surface area contributed by atoms with Gasteiger partial charge in [-0.3, -0.25) is 4.90 Å². The monoisotopic (exact) mass is 284 g/mol. The summed E-state index contributed by atoms with van der Waals surface area (Å²) in [5.74, 6) is -0.350. The second-order valence-electron chi connectivity index (χ2n) is 5.38. The van der Waals surface area contributed by atoms with E-state index in [1.54, 1.807) is 6.07 Å². The number of hydrogen-bond donors (Lipinski definition) is 1. The van der Waals surface area contributed by atoms with Crippen molar-refractivity contribution in [1.29, 1.82) is 0 Å². The molecule has 0 atom stereocenters. The minimum absolute atomic E-state index is 0.208. The van der Waals surface area contributed by atoms with Crippen LogP contribution in [0.4, 0.5) is 4.39 Å². The Balaban J connectivity index is 2.00. The summed E-state index contributed by atoms with van der Waals surface area (Å²) in [4.78, 5) is 2.44. The highest BCUT2D eigenvalue weighted by Crippen LogP contribution is 2.24. The van der Waals surface area contributed by atoms with Gasteiger partial charge in [-0.15, -0.1) is 0 Å². The highest BCUT2D eigenvalue weighted by atomic mass is 35.5. The Bertz CT molecular complexity index is 417. The van der Waals surface area contributed by atoms with Gasteiger partial charge in [-0.05, 0) is 49.9 Å². The summed E-state index contributed by atoms with van der Waals surface area (Å²) >= 11 is 5.84. The lowest BCUT2D eigenvalue weighted by molar-refractivity contribution is 0.149. The standard InChI is InChI=1S/C15H22ClFN2/c1-2-19(13-6-4-12(18)5-7-13)10-11-3-8-15(17)14(16)9-11/h3,8-9,12-13H,2,4-7,10,18H2,1H3. The molecule has 1 aliphatic rings. The molecule has 4 heteroatoms. The van der Waals surface area contributed by atoms with Crippen LogP contribution in [-0.4, -0.2) is 23.5 Å². The third-order valence-electron chi connectivity index (χ3n) is 4.03. The van der Waals surface area contributed by atoms with Gasteiger partial charge in [0, 0.05) is 18.6 Å². The Morgan fingerprint density at radius 2 is 2.00 bits per heavy atom. The molecule has 0 unspecified atom stereocenters. The maximum absolute atomic E-state index is 13.2. The van der Waals surface area contributed by atoms with Crippen LogP contribution >= 0.6 is 11.6 Å². The van der Waals surface area contributed by atoms with Crippen molar-refractivity contribution in [1.82, 2.24) is 4.90 Å². The lowest BCUT2D eigenvalue weighted by Crippen LogP contribution is -2.40. The highest BCUT2D eigenvalue weighted by Gasteiger charge is 2.23. The van der Waals surface area contributed by atoms with Gasteiger partial charge in [-0.2, -0.15) is 0 Å². The van der Waals surface area contributed by atoms with Gasteiger partial charge in [-0.25, -0.2) is 4.39 Å². The Kier molecular flexibility index (Phi) is 5.20. The first kappa shape index (κ1) is 14.8. The molecule has 0 aromatic heterocycles. The SMILES string of the molecule is CCN(Cc1ccc(F)c(Cl)c1)C1CCC(N)CC1. The van der Waals surface area contributed by atoms with Crippen LogP contribution in [0, 0.1) is 5.82 Å². The second-order valence-corrected chi connectivity index (χ2v) is 5.79. The maximum atomic E-state index is 13.2. The highest BCUT2D eigenvalue weighted by molar-refractivity contribution is 6.30. The van der Waals surface area contributed by atoms with Gasteiger partial charge >= 0.3 is 0 Å². The lowest BCUT2D eigenvalue weighted by atomic mass is 9.90. The van der Waals surface area contributed by atoms with E-state index in [9.17, 15) is 4.39 Å². The number of nitrogens with two attached hydrogens (primary N) is 1. The third-order valence-corrected chi connectivity index (χ3v) is 4.32. The molecule has 1 fully saturated rings. The summed E-state index contributed by atoms with van der Waals surface area (Å²) in [6, 6.07) is 5.96. The van der Waals surface area contributed by atoms with Gasteiger partial charge in [0.15, 0.2) is 0 Å². The van der Waals surface area contributed by atoms with Crippen LogP contribution < -0.4 is 5.73 Å². The van der Waals surface area contributed by atoms with Crippen LogP contribution in [0.5, 0.6) is 0 Å². The Hall–Kier alpha value is -0.640. The van der Waals surface area contributed by atoms with Gasteiger partial charge in [0.05, 0.1) is 5.02 Å². The van der Waals surface area contributed by atoms with Crippen LogP contribution in [-0.2, 0) is 6.54 Å². The second kappa shape index (κ2) is 6.69. The van der Waals surface area contributed by atoms with Crippen molar-refractivity contribution in [2.45, 2.75) is 51.2 Å². The van der Waals surface area contributed by atoms with Crippen molar-refractivity contribution in [2.24, 2.45) is 5.73 Å². The fourth-order valence-electron chi connectivity index (χ4n) is 2.84. The molecule has 0 aliphatic heterocycles. The lowest BCUT2D eigenvalue weighted by Gasteiger charge is -2.35. The van der Waals surface area contributed by atoms with Gasteiger partial charge in [-0.1, -0.05) is 24.6 Å². The predicted octanol–water partition coefficient (Wildman–Crippen LogP) is 3.57. The van der Waals surface area contributed by atoms with E-state index in [4.69, 9.17) is 17.3 Å². The molecule has 1 aromatic rings. The number of halogens is 2. The summed E-state index contributed by atoms with van der Waals surface area (Å²) in [6.07, 6.45) is 4.52. The normalized spacial score (nSPS) is 23.8. The van der Waals surface area contributed by atoms with E-state index >= 15 is 0 Å². The smallest absolute Gasteiger partial charge is 0.141 e. The van der Waals surface area contributed by atoms with E-state index in [2.05, 4.69) is 11.8 Å². The van der Waals surface area contributed by atoms with Gasteiger partial charge in [0.2, 0.25) is 0 Å². The van der Waals surface area contributed by atoms with Gasteiger partial charge < -0.3 is 5.73 Å². The summed E-state index contributed by atoms with van der Waals surface area (Å²) in [6.45, 7) is 3.99. The molecular weight excluding hydrogens is 263 g/mol. The van der Waals surface area contributed by atoms with Crippen LogP contribution in [0.25, 0.3) is 0 Å². The summed E-state index contributed by atoms with van der Waals surface area (Å²) in [5, 5.41) is 0.208. The summed E-state index contributed by atoms with van der Waals surface area (Å²) in [7, 11) is 0. The van der Waals surface area contributed by atoms with E-state index < -0.39 is 0 Å². The molecule has 2 nitrogen and oxygen atoms in total. The fraction of sp³-hybridized carbons (Fsp3) is 0.600. The van der Waals surface area contributed by atoms with Crippen molar-refractivity contribution < 1.29 is 4.39 Å².